The highest BCUT2D eigenvalue weighted by Gasteiger charge is 2.22. The Bertz CT molecular complexity index is 1030. The molecule has 6 rings (SSSR count). The molecule has 142 valence electrons. The van der Waals surface area contributed by atoms with Gasteiger partial charge in [0.15, 0.2) is 0 Å². The van der Waals surface area contributed by atoms with Gasteiger partial charge in [0.1, 0.15) is 0 Å². The third kappa shape index (κ3) is 2.57. The Kier molecular flexibility index (Phi) is 4.07. The molecule has 0 nitrogen and oxygen atoms in total. The molecule has 0 atom stereocenters. The quantitative estimate of drug-likeness (QED) is 0.311. The van der Waals surface area contributed by atoms with E-state index in [-0.39, 0.29) is 0 Å². The molecule has 2 aliphatic carbocycles. The van der Waals surface area contributed by atoms with Gasteiger partial charge in [-0.05, 0) is 81.0 Å². The Morgan fingerprint density at radius 2 is 0.821 bits per heavy atom. The van der Waals surface area contributed by atoms with Crippen LogP contribution in [0.1, 0.15) is 87.2 Å². The second-order valence-electron chi connectivity index (χ2n) is 9.40. The molecular formula is C28H30. The Labute approximate surface area is 168 Å². The first kappa shape index (κ1) is 16.8. The van der Waals surface area contributed by atoms with Crippen LogP contribution in [0.3, 0.4) is 0 Å². The summed E-state index contributed by atoms with van der Waals surface area (Å²) in [6, 6.07) is 19.3. The van der Waals surface area contributed by atoms with E-state index in [1.54, 1.807) is 11.1 Å². The van der Waals surface area contributed by atoms with Crippen LogP contribution in [0.4, 0.5) is 0 Å². The number of benzene rings is 4. The Morgan fingerprint density at radius 1 is 0.429 bits per heavy atom. The van der Waals surface area contributed by atoms with E-state index in [2.05, 4.69) is 48.5 Å². The minimum absolute atomic E-state index is 0.760. The zero-order valence-electron chi connectivity index (χ0n) is 16.8. The average Bonchev–Trinajstić information content (AvgIpc) is 2.78. The molecule has 0 amide bonds. The summed E-state index contributed by atoms with van der Waals surface area (Å²) in [6.45, 7) is 0. The summed E-state index contributed by atoms with van der Waals surface area (Å²) >= 11 is 0. The summed E-state index contributed by atoms with van der Waals surface area (Å²) in [4.78, 5) is 0. The molecule has 0 heterocycles. The van der Waals surface area contributed by atoms with Crippen molar-refractivity contribution in [3.63, 3.8) is 0 Å². The summed E-state index contributed by atoms with van der Waals surface area (Å²) in [6.07, 6.45) is 13.9. The largest absolute Gasteiger partial charge is 0.0575 e. The van der Waals surface area contributed by atoms with Crippen LogP contribution in [0.15, 0.2) is 48.5 Å². The van der Waals surface area contributed by atoms with Crippen LogP contribution in [0, 0.1) is 0 Å². The highest BCUT2D eigenvalue weighted by Crippen LogP contribution is 2.44. The van der Waals surface area contributed by atoms with Crippen molar-refractivity contribution in [3.8, 4) is 0 Å². The van der Waals surface area contributed by atoms with Gasteiger partial charge in [-0.25, -0.2) is 0 Å². The van der Waals surface area contributed by atoms with Crippen LogP contribution >= 0.6 is 0 Å². The van der Waals surface area contributed by atoms with E-state index in [0.29, 0.717) is 0 Å². The van der Waals surface area contributed by atoms with Gasteiger partial charge in [-0.1, -0.05) is 87.1 Å². The van der Waals surface area contributed by atoms with Crippen molar-refractivity contribution in [2.45, 2.75) is 76.0 Å². The number of rotatable bonds is 2. The Hall–Kier alpha value is -2.08. The molecule has 4 aromatic carbocycles. The maximum absolute atomic E-state index is 2.44. The molecule has 0 radical (unpaired) electrons. The van der Waals surface area contributed by atoms with Crippen molar-refractivity contribution in [1.82, 2.24) is 0 Å². The molecule has 0 bridgehead atoms. The second-order valence-corrected chi connectivity index (χ2v) is 9.40. The molecule has 0 saturated heterocycles. The van der Waals surface area contributed by atoms with Crippen molar-refractivity contribution in [2.24, 2.45) is 0 Å². The topological polar surface area (TPSA) is 0 Å². The van der Waals surface area contributed by atoms with E-state index >= 15 is 0 Å². The standard InChI is InChI=1S/C28H30/c1-3-7-19(8-4-1)23-15-11-21-14-18-26-24(20-9-5-2-6-10-20)16-12-22-13-17-25(23)27(21)28(22)26/h11-20H,1-10H2. The Morgan fingerprint density at radius 3 is 1.25 bits per heavy atom. The minimum atomic E-state index is 0.760. The van der Waals surface area contributed by atoms with E-state index < -0.39 is 0 Å². The van der Waals surface area contributed by atoms with E-state index in [4.69, 9.17) is 0 Å². The summed E-state index contributed by atoms with van der Waals surface area (Å²) in [7, 11) is 0. The SMILES string of the molecule is c1cc2ccc3c(C4CCCCC4)ccc4ccc(c1C1CCCCC1)c2c43. The fourth-order valence-corrected chi connectivity index (χ4v) is 6.39. The third-order valence-corrected chi connectivity index (χ3v) is 7.82. The van der Waals surface area contributed by atoms with Gasteiger partial charge in [-0.15, -0.1) is 0 Å². The molecule has 0 aromatic heterocycles. The van der Waals surface area contributed by atoms with Gasteiger partial charge in [-0.3, -0.25) is 0 Å². The van der Waals surface area contributed by atoms with Crippen LogP contribution in [-0.2, 0) is 0 Å². The minimum Gasteiger partial charge on any atom is -0.0575 e. The van der Waals surface area contributed by atoms with E-state index in [0.717, 1.165) is 11.8 Å². The van der Waals surface area contributed by atoms with Gasteiger partial charge in [-0.2, -0.15) is 0 Å². The zero-order chi connectivity index (χ0) is 18.5. The van der Waals surface area contributed by atoms with Crippen molar-refractivity contribution in [1.29, 1.82) is 0 Å². The highest BCUT2D eigenvalue weighted by atomic mass is 14.3. The van der Waals surface area contributed by atoms with Crippen LogP contribution in [-0.4, -0.2) is 0 Å². The smallest absolute Gasteiger partial charge is 0.00238 e. The molecule has 0 N–H and O–H groups in total. The number of hydrogen-bond acceptors (Lipinski definition) is 0. The summed E-state index contributed by atoms with van der Waals surface area (Å²) < 4.78 is 0. The van der Waals surface area contributed by atoms with Gasteiger partial charge < -0.3 is 0 Å². The zero-order valence-corrected chi connectivity index (χ0v) is 16.8. The predicted octanol–water partition coefficient (Wildman–Crippen LogP) is 8.68. The van der Waals surface area contributed by atoms with Crippen LogP contribution < -0.4 is 0 Å². The molecule has 0 unspecified atom stereocenters. The van der Waals surface area contributed by atoms with E-state index in [9.17, 15) is 0 Å². The highest BCUT2D eigenvalue weighted by molar-refractivity contribution is 6.24. The summed E-state index contributed by atoms with van der Waals surface area (Å²) in [5.74, 6) is 1.52. The first-order chi connectivity index (χ1) is 13.9. The molecule has 2 fully saturated rings. The van der Waals surface area contributed by atoms with Gasteiger partial charge in [0.05, 0.1) is 0 Å². The lowest BCUT2D eigenvalue weighted by atomic mass is 9.78. The normalized spacial score (nSPS) is 19.9. The number of hydrogen-bond donors (Lipinski definition) is 0. The molecule has 2 aliphatic rings. The first-order valence-electron chi connectivity index (χ1n) is 11.6. The molecule has 4 aromatic rings. The lowest BCUT2D eigenvalue weighted by Gasteiger charge is -2.26. The van der Waals surface area contributed by atoms with Crippen molar-refractivity contribution < 1.29 is 0 Å². The molecule has 28 heavy (non-hydrogen) atoms. The fourth-order valence-electron chi connectivity index (χ4n) is 6.39. The molecule has 0 heteroatoms. The van der Waals surface area contributed by atoms with E-state index in [1.165, 1.54) is 96.5 Å². The van der Waals surface area contributed by atoms with Gasteiger partial charge in [0, 0.05) is 0 Å². The van der Waals surface area contributed by atoms with Crippen LogP contribution in [0.25, 0.3) is 32.3 Å². The third-order valence-electron chi connectivity index (χ3n) is 7.82. The summed E-state index contributed by atoms with van der Waals surface area (Å²) in [5, 5.41) is 8.99. The fraction of sp³-hybridized carbons (Fsp3) is 0.429. The predicted molar refractivity (Wildman–Crippen MR) is 122 cm³/mol. The molecular weight excluding hydrogens is 336 g/mol. The monoisotopic (exact) mass is 366 g/mol. The Balaban J connectivity index is 1.61. The first-order valence-corrected chi connectivity index (χ1v) is 11.6. The van der Waals surface area contributed by atoms with Crippen molar-refractivity contribution in [3.05, 3.63) is 59.7 Å². The van der Waals surface area contributed by atoms with Gasteiger partial charge in [0.25, 0.3) is 0 Å². The molecule has 2 saturated carbocycles. The lowest BCUT2D eigenvalue weighted by molar-refractivity contribution is 0.445. The van der Waals surface area contributed by atoms with Crippen molar-refractivity contribution >= 4 is 32.3 Å². The van der Waals surface area contributed by atoms with E-state index in [1.807, 2.05) is 0 Å². The summed E-state index contributed by atoms with van der Waals surface area (Å²) in [5.41, 5.74) is 3.23. The van der Waals surface area contributed by atoms with Gasteiger partial charge in [0.2, 0.25) is 0 Å². The maximum Gasteiger partial charge on any atom is -0.00238 e. The van der Waals surface area contributed by atoms with Crippen LogP contribution in [0.5, 0.6) is 0 Å². The molecule has 0 spiro atoms. The lowest BCUT2D eigenvalue weighted by Crippen LogP contribution is -2.06. The van der Waals surface area contributed by atoms with Crippen LogP contribution in [0.2, 0.25) is 0 Å². The average molecular weight is 367 g/mol. The maximum atomic E-state index is 2.44. The molecule has 0 aliphatic heterocycles. The van der Waals surface area contributed by atoms with Gasteiger partial charge >= 0.3 is 0 Å². The van der Waals surface area contributed by atoms with Crippen molar-refractivity contribution in [2.75, 3.05) is 0 Å². The second kappa shape index (κ2) is 6.76.